The average molecular weight is 440 g/mol. The van der Waals surface area contributed by atoms with E-state index < -0.39 is 36.6 Å². The molecule has 0 fully saturated rings. The van der Waals surface area contributed by atoms with Gasteiger partial charge in [-0.15, -0.1) is 0 Å². The largest absolute Gasteiger partial charge is 0.280 e. The molecule has 1 aromatic heterocycles. The fourth-order valence-electron chi connectivity index (χ4n) is 2.27. The van der Waals surface area contributed by atoms with E-state index in [2.05, 4.69) is 19.4 Å². The number of hydrogen-bond donors (Lipinski definition) is 2. The van der Waals surface area contributed by atoms with Crippen LogP contribution >= 0.6 is 0 Å². The van der Waals surface area contributed by atoms with Crippen molar-refractivity contribution in [2.45, 2.75) is 16.7 Å². The molecule has 2 N–H and O–H groups in total. The molecule has 0 radical (unpaired) electrons. The van der Waals surface area contributed by atoms with Gasteiger partial charge >= 0.3 is 0 Å². The summed E-state index contributed by atoms with van der Waals surface area (Å²) in [6.45, 7) is 1.67. The summed E-state index contributed by atoms with van der Waals surface area (Å²) in [7, 11) is -8.44. The van der Waals surface area contributed by atoms with Gasteiger partial charge in [0.1, 0.15) is 16.5 Å². The average Bonchev–Trinajstić information content (AvgIpc) is 2.63. The van der Waals surface area contributed by atoms with E-state index in [1.54, 1.807) is 13.0 Å². The van der Waals surface area contributed by atoms with Crippen LogP contribution in [0, 0.1) is 18.6 Å². The van der Waals surface area contributed by atoms with Gasteiger partial charge in [0.2, 0.25) is 5.95 Å². The van der Waals surface area contributed by atoms with Crippen molar-refractivity contribution in [3.8, 4) is 0 Å². The van der Waals surface area contributed by atoms with Gasteiger partial charge in [-0.25, -0.2) is 40.3 Å². The summed E-state index contributed by atoms with van der Waals surface area (Å²) >= 11 is 0. The van der Waals surface area contributed by atoms with Crippen molar-refractivity contribution in [3.05, 3.63) is 72.1 Å². The Morgan fingerprint density at radius 3 is 2.21 bits per heavy atom. The molecule has 12 heteroatoms. The van der Waals surface area contributed by atoms with Gasteiger partial charge in [0.05, 0.1) is 4.90 Å². The maximum Gasteiger partial charge on any atom is 0.264 e. The third kappa shape index (κ3) is 4.84. The second kappa shape index (κ2) is 7.72. The van der Waals surface area contributed by atoms with Crippen LogP contribution in [0.3, 0.4) is 0 Å². The van der Waals surface area contributed by atoms with Gasteiger partial charge in [-0.1, -0.05) is 0 Å². The van der Waals surface area contributed by atoms with Crippen molar-refractivity contribution >= 4 is 31.7 Å². The molecule has 0 unspecified atom stereocenters. The van der Waals surface area contributed by atoms with E-state index in [4.69, 9.17) is 0 Å². The lowest BCUT2D eigenvalue weighted by molar-refractivity contribution is 0.555. The molecule has 3 aromatic rings. The maximum atomic E-state index is 13.7. The molecule has 0 bridgehead atoms. The van der Waals surface area contributed by atoms with Crippen LogP contribution in [0.4, 0.5) is 20.4 Å². The van der Waals surface area contributed by atoms with Crippen molar-refractivity contribution in [2.24, 2.45) is 0 Å². The van der Waals surface area contributed by atoms with E-state index in [-0.39, 0.29) is 16.5 Å². The highest BCUT2D eigenvalue weighted by Gasteiger charge is 2.21. The van der Waals surface area contributed by atoms with Crippen molar-refractivity contribution < 1.29 is 25.6 Å². The molecule has 152 valence electrons. The third-order valence-electron chi connectivity index (χ3n) is 3.62. The minimum absolute atomic E-state index is 0.0422. The summed E-state index contributed by atoms with van der Waals surface area (Å²) < 4.78 is 80.6. The van der Waals surface area contributed by atoms with Crippen LogP contribution < -0.4 is 9.44 Å². The Morgan fingerprint density at radius 1 is 0.862 bits per heavy atom. The van der Waals surface area contributed by atoms with Gasteiger partial charge in [-0.05, 0) is 55.5 Å². The number of anilines is 2. The minimum atomic E-state index is -4.42. The van der Waals surface area contributed by atoms with Crippen LogP contribution in [-0.2, 0) is 20.0 Å². The number of benzene rings is 2. The predicted molar refractivity (Wildman–Crippen MR) is 101 cm³/mol. The topological polar surface area (TPSA) is 118 Å². The lowest BCUT2D eigenvalue weighted by Crippen LogP contribution is -2.16. The van der Waals surface area contributed by atoms with E-state index in [0.717, 1.165) is 18.2 Å². The van der Waals surface area contributed by atoms with Crippen molar-refractivity contribution in [1.29, 1.82) is 0 Å². The van der Waals surface area contributed by atoms with Crippen LogP contribution in [-0.4, -0.2) is 26.8 Å². The highest BCUT2D eigenvalue weighted by Crippen LogP contribution is 2.22. The molecule has 0 saturated heterocycles. The Bertz CT molecular complexity index is 1260. The van der Waals surface area contributed by atoms with E-state index >= 15 is 0 Å². The van der Waals surface area contributed by atoms with E-state index in [9.17, 15) is 25.6 Å². The predicted octanol–water partition coefficient (Wildman–Crippen LogP) is 2.66. The van der Waals surface area contributed by atoms with Gasteiger partial charge in [0.15, 0.2) is 0 Å². The Hall–Kier alpha value is -3.12. The van der Waals surface area contributed by atoms with E-state index in [0.29, 0.717) is 17.8 Å². The summed E-state index contributed by atoms with van der Waals surface area (Å²) in [5.74, 6) is -2.16. The molecule has 0 saturated carbocycles. The number of rotatable bonds is 6. The normalized spacial score (nSPS) is 11.8. The lowest BCUT2D eigenvalue weighted by Gasteiger charge is -2.10. The van der Waals surface area contributed by atoms with Gasteiger partial charge in [-0.2, -0.15) is 0 Å². The molecule has 2 aromatic carbocycles. The lowest BCUT2D eigenvalue weighted by atomic mass is 10.3. The minimum Gasteiger partial charge on any atom is -0.280 e. The quantitative estimate of drug-likeness (QED) is 0.608. The fourth-order valence-corrected chi connectivity index (χ4v) is 4.37. The smallest absolute Gasteiger partial charge is 0.264 e. The number of halogens is 2. The first kappa shape index (κ1) is 20.6. The maximum absolute atomic E-state index is 13.7. The molecule has 3 rings (SSSR count). The van der Waals surface area contributed by atoms with Gasteiger partial charge < -0.3 is 0 Å². The standard InChI is InChI=1S/C17H14F2N4O4S2/c1-11-8-9-20-17(21-11)23-28(24,25)14-5-3-13(4-6-14)22-29(26,27)16-10-12(18)2-7-15(16)19/h2-10,22H,1H3,(H,20,21,23). The summed E-state index contributed by atoms with van der Waals surface area (Å²) in [5, 5.41) is 0. The number of nitrogens with one attached hydrogen (secondary N) is 2. The second-order valence-electron chi connectivity index (χ2n) is 5.83. The Balaban J connectivity index is 1.82. The van der Waals surface area contributed by atoms with Crippen LogP contribution in [0.25, 0.3) is 0 Å². The summed E-state index contributed by atoms with van der Waals surface area (Å²) in [5.41, 5.74) is 0.520. The van der Waals surface area contributed by atoms with Crippen molar-refractivity contribution in [1.82, 2.24) is 9.97 Å². The summed E-state index contributed by atoms with van der Waals surface area (Å²) in [4.78, 5) is 6.70. The highest BCUT2D eigenvalue weighted by atomic mass is 32.2. The molecule has 8 nitrogen and oxygen atoms in total. The second-order valence-corrected chi connectivity index (χ2v) is 9.16. The zero-order valence-electron chi connectivity index (χ0n) is 14.8. The first-order chi connectivity index (χ1) is 13.6. The van der Waals surface area contributed by atoms with Crippen LogP contribution in [0.5, 0.6) is 0 Å². The summed E-state index contributed by atoms with van der Waals surface area (Å²) in [6, 6.07) is 8.23. The monoisotopic (exact) mass is 440 g/mol. The van der Waals surface area contributed by atoms with Gasteiger partial charge in [0, 0.05) is 17.6 Å². The van der Waals surface area contributed by atoms with Gasteiger partial charge in [-0.3, -0.25) is 4.72 Å². The number of hydrogen-bond acceptors (Lipinski definition) is 6. The highest BCUT2D eigenvalue weighted by molar-refractivity contribution is 7.93. The summed E-state index contributed by atoms with van der Waals surface area (Å²) in [6.07, 6.45) is 1.39. The Labute approximate surface area is 165 Å². The molecular weight excluding hydrogens is 426 g/mol. The number of sulfonamides is 2. The Kier molecular flexibility index (Phi) is 5.48. The molecule has 0 aliphatic rings. The molecular formula is C17H14F2N4O4S2. The van der Waals surface area contributed by atoms with Crippen LogP contribution in [0.15, 0.2) is 64.5 Å². The zero-order chi connectivity index (χ0) is 21.2. The number of nitrogens with zero attached hydrogens (tertiary/aromatic N) is 2. The van der Waals surface area contributed by atoms with Crippen molar-refractivity contribution in [3.63, 3.8) is 0 Å². The fraction of sp³-hybridized carbons (Fsp3) is 0.0588. The zero-order valence-corrected chi connectivity index (χ0v) is 16.4. The van der Waals surface area contributed by atoms with E-state index in [1.807, 2.05) is 0 Å². The Morgan fingerprint density at radius 2 is 1.55 bits per heavy atom. The first-order valence-corrected chi connectivity index (χ1v) is 10.9. The molecule has 1 heterocycles. The van der Waals surface area contributed by atoms with Gasteiger partial charge in [0.25, 0.3) is 20.0 Å². The molecule has 29 heavy (non-hydrogen) atoms. The SMILES string of the molecule is Cc1ccnc(NS(=O)(=O)c2ccc(NS(=O)(=O)c3cc(F)ccc3F)cc2)n1. The van der Waals surface area contributed by atoms with Crippen LogP contribution in [0.1, 0.15) is 5.69 Å². The third-order valence-corrected chi connectivity index (χ3v) is 6.36. The molecule has 0 atom stereocenters. The molecule has 0 aliphatic carbocycles. The van der Waals surface area contributed by atoms with Crippen LogP contribution in [0.2, 0.25) is 0 Å². The molecule has 0 spiro atoms. The molecule has 0 aliphatic heterocycles. The number of aromatic nitrogens is 2. The number of aryl methyl sites for hydroxylation is 1. The van der Waals surface area contributed by atoms with E-state index in [1.165, 1.54) is 18.3 Å². The van der Waals surface area contributed by atoms with Crippen molar-refractivity contribution in [2.75, 3.05) is 9.44 Å². The first-order valence-electron chi connectivity index (χ1n) is 7.97. The molecule has 0 amide bonds.